The fourth-order valence-electron chi connectivity index (χ4n) is 2.63. The standard InChI is InChI=1S/C17H12O3/c1-10(18)9-11-5-4-8-14-15(11)17(20)13-7-3-2-6-12(13)16(14)19/h2-8H,9H2,1H3. The van der Waals surface area contributed by atoms with Crippen molar-refractivity contribution in [3.8, 4) is 0 Å². The van der Waals surface area contributed by atoms with Crippen LogP contribution in [0.2, 0.25) is 0 Å². The summed E-state index contributed by atoms with van der Waals surface area (Å²) in [4.78, 5) is 36.4. The van der Waals surface area contributed by atoms with Crippen LogP contribution in [0.4, 0.5) is 0 Å². The highest BCUT2D eigenvalue weighted by atomic mass is 16.1. The average molecular weight is 264 g/mol. The van der Waals surface area contributed by atoms with E-state index in [9.17, 15) is 14.4 Å². The van der Waals surface area contributed by atoms with Crippen molar-refractivity contribution in [1.82, 2.24) is 0 Å². The summed E-state index contributed by atoms with van der Waals surface area (Å²) in [5.41, 5.74) is 2.26. The fourth-order valence-corrected chi connectivity index (χ4v) is 2.63. The largest absolute Gasteiger partial charge is 0.300 e. The van der Waals surface area contributed by atoms with Crippen LogP contribution in [0, 0.1) is 0 Å². The first kappa shape index (κ1) is 12.5. The van der Waals surface area contributed by atoms with Gasteiger partial charge in [0.25, 0.3) is 0 Å². The van der Waals surface area contributed by atoms with Gasteiger partial charge in [-0.2, -0.15) is 0 Å². The molecule has 1 aliphatic carbocycles. The Hall–Kier alpha value is -2.55. The summed E-state index contributed by atoms with van der Waals surface area (Å²) in [5, 5.41) is 0. The Kier molecular flexibility index (Phi) is 2.83. The maximum atomic E-state index is 12.6. The van der Waals surface area contributed by atoms with Crippen molar-refractivity contribution >= 4 is 17.3 Å². The van der Waals surface area contributed by atoms with Gasteiger partial charge < -0.3 is 0 Å². The summed E-state index contributed by atoms with van der Waals surface area (Å²) in [6, 6.07) is 11.9. The number of hydrogen-bond acceptors (Lipinski definition) is 3. The number of ketones is 3. The summed E-state index contributed by atoms with van der Waals surface area (Å²) in [6.45, 7) is 1.47. The second-order valence-corrected chi connectivity index (χ2v) is 4.92. The molecule has 0 saturated carbocycles. The van der Waals surface area contributed by atoms with Crippen LogP contribution in [0.15, 0.2) is 42.5 Å². The van der Waals surface area contributed by atoms with Crippen LogP contribution in [-0.2, 0) is 11.2 Å². The zero-order valence-corrected chi connectivity index (χ0v) is 11.0. The second-order valence-electron chi connectivity index (χ2n) is 4.92. The van der Waals surface area contributed by atoms with Crippen LogP contribution in [0.25, 0.3) is 0 Å². The van der Waals surface area contributed by atoms with Gasteiger partial charge in [0.2, 0.25) is 0 Å². The van der Waals surface area contributed by atoms with Crippen LogP contribution < -0.4 is 0 Å². The maximum Gasteiger partial charge on any atom is 0.194 e. The highest BCUT2D eigenvalue weighted by Crippen LogP contribution is 2.29. The molecule has 0 atom stereocenters. The minimum absolute atomic E-state index is 0.0301. The Morgan fingerprint density at radius 2 is 1.45 bits per heavy atom. The Labute approximate surface area is 116 Å². The lowest BCUT2D eigenvalue weighted by Gasteiger charge is -2.19. The third-order valence-electron chi connectivity index (χ3n) is 3.48. The Morgan fingerprint density at radius 3 is 2.10 bits per heavy atom. The molecule has 0 saturated heterocycles. The molecule has 2 aromatic rings. The van der Waals surface area contributed by atoms with E-state index in [1.807, 2.05) is 0 Å². The average Bonchev–Trinajstić information content (AvgIpc) is 2.44. The molecule has 2 aromatic carbocycles. The molecule has 0 fully saturated rings. The molecule has 0 radical (unpaired) electrons. The van der Waals surface area contributed by atoms with E-state index in [2.05, 4.69) is 0 Å². The normalized spacial score (nSPS) is 12.8. The van der Waals surface area contributed by atoms with Gasteiger partial charge in [-0.1, -0.05) is 42.5 Å². The molecule has 20 heavy (non-hydrogen) atoms. The lowest BCUT2D eigenvalue weighted by atomic mass is 9.81. The third kappa shape index (κ3) is 1.79. The van der Waals surface area contributed by atoms with Crippen molar-refractivity contribution in [2.24, 2.45) is 0 Å². The second kappa shape index (κ2) is 4.53. The number of carbonyl (C=O) groups excluding carboxylic acids is 3. The van der Waals surface area contributed by atoms with Crippen LogP contribution in [-0.4, -0.2) is 17.3 Å². The first-order chi connectivity index (χ1) is 9.59. The molecule has 0 aliphatic heterocycles. The maximum absolute atomic E-state index is 12.6. The molecule has 0 heterocycles. The summed E-state index contributed by atoms with van der Waals surface area (Å²) < 4.78 is 0. The van der Waals surface area contributed by atoms with Crippen LogP contribution in [0.1, 0.15) is 44.3 Å². The molecule has 98 valence electrons. The van der Waals surface area contributed by atoms with Gasteiger partial charge in [-0.25, -0.2) is 0 Å². The Morgan fingerprint density at radius 1 is 0.850 bits per heavy atom. The van der Waals surface area contributed by atoms with Gasteiger partial charge in [-0.05, 0) is 12.5 Å². The lowest BCUT2D eigenvalue weighted by Crippen LogP contribution is -2.23. The Balaban J connectivity index is 2.25. The van der Waals surface area contributed by atoms with Crippen molar-refractivity contribution in [3.63, 3.8) is 0 Å². The first-order valence-corrected chi connectivity index (χ1v) is 6.39. The molecule has 1 aliphatic rings. The smallest absolute Gasteiger partial charge is 0.194 e. The predicted molar refractivity (Wildman–Crippen MR) is 74.1 cm³/mol. The number of rotatable bonds is 2. The number of hydrogen-bond donors (Lipinski definition) is 0. The van der Waals surface area contributed by atoms with Gasteiger partial charge >= 0.3 is 0 Å². The zero-order valence-electron chi connectivity index (χ0n) is 11.0. The third-order valence-corrected chi connectivity index (χ3v) is 3.48. The van der Waals surface area contributed by atoms with Gasteiger partial charge in [-0.15, -0.1) is 0 Å². The van der Waals surface area contributed by atoms with Crippen molar-refractivity contribution in [2.75, 3.05) is 0 Å². The molecule has 3 heteroatoms. The summed E-state index contributed by atoms with van der Waals surface area (Å²) in [7, 11) is 0. The zero-order chi connectivity index (χ0) is 14.3. The van der Waals surface area contributed by atoms with E-state index in [-0.39, 0.29) is 23.8 Å². The van der Waals surface area contributed by atoms with E-state index >= 15 is 0 Å². The number of carbonyl (C=O) groups is 3. The van der Waals surface area contributed by atoms with Gasteiger partial charge in [0.05, 0.1) is 0 Å². The van der Waals surface area contributed by atoms with E-state index in [4.69, 9.17) is 0 Å². The monoisotopic (exact) mass is 264 g/mol. The molecular weight excluding hydrogens is 252 g/mol. The minimum atomic E-state index is -0.174. The summed E-state index contributed by atoms with van der Waals surface area (Å²) >= 11 is 0. The number of fused-ring (bicyclic) bond motifs is 2. The van der Waals surface area contributed by atoms with Gasteiger partial charge in [0.1, 0.15) is 5.78 Å². The number of Topliss-reactive ketones (excluding diaryl/α,β-unsaturated/α-hetero) is 1. The first-order valence-electron chi connectivity index (χ1n) is 6.39. The Bertz CT molecular complexity index is 757. The highest BCUT2D eigenvalue weighted by Gasteiger charge is 2.31. The van der Waals surface area contributed by atoms with Gasteiger partial charge in [0.15, 0.2) is 11.6 Å². The fraction of sp³-hybridized carbons (Fsp3) is 0.118. The van der Waals surface area contributed by atoms with Gasteiger partial charge in [-0.3, -0.25) is 14.4 Å². The molecular formula is C17H12O3. The van der Waals surface area contributed by atoms with E-state index in [0.29, 0.717) is 27.8 Å². The van der Waals surface area contributed by atoms with Crippen LogP contribution >= 0.6 is 0 Å². The van der Waals surface area contributed by atoms with Crippen LogP contribution in [0.5, 0.6) is 0 Å². The molecule has 0 bridgehead atoms. The SMILES string of the molecule is CC(=O)Cc1cccc2c1C(=O)c1ccccc1C2=O. The molecule has 0 N–H and O–H groups in total. The topological polar surface area (TPSA) is 51.2 Å². The van der Waals surface area contributed by atoms with E-state index in [0.717, 1.165) is 0 Å². The quantitative estimate of drug-likeness (QED) is 0.715. The van der Waals surface area contributed by atoms with Crippen molar-refractivity contribution in [2.45, 2.75) is 13.3 Å². The minimum Gasteiger partial charge on any atom is -0.300 e. The molecule has 0 aromatic heterocycles. The van der Waals surface area contributed by atoms with E-state index in [1.54, 1.807) is 42.5 Å². The van der Waals surface area contributed by atoms with Crippen molar-refractivity contribution in [3.05, 3.63) is 70.3 Å². The van der Waals surface area contributed by atoms with E-state index < -0.39 is 0 Å². The molecule has 0 spiro atoms. The molecule has 0 amide bonds. The number of benzene rings is 2. The summed E-state index contributed by atoms with van der Waals surface area (Å²) in [5.74, 6) is -0.356. The molecule has 3 nitrogen and oxygen atoms in total. The molecule has 3 rings (SSSR count). The molecule has 0 unspecified atom stereocenters. The van der Waals surface area contributed by atoms with E-state index in [1.165, 1.54) is 6.92 Å². The van der Waals surface area contributed by atoms with Crippen molar-refractivity contribution < 1.29 is 14.4 Å². The van der Waals surface area contributed by atoms with Crippen molar-refractivity contribution in [1.29, 1.82) is 0 Å². The van der Waals surface area contributed by atoms with Gasteiger partial charge in [0, 0.05) is 28.7 Å². The summed E-state index contributed by atoms with van der Waals surface area (Å²) in [6.07, 6.45) is 0.171. The predicted octanol–water partition coefficient (Wildman–Crippen LogP) is 2.59. The lowest BCUT2D eigenvalue weighted by molar-refractivity contribution is -0.116. The van der Waals surface area contributed by atoms with Crippen LogP contribution in [0.3, 0.4) is 0 Å². The highest BCUT2D eigenvalue weighted by molar-refractivity contribution is 6.29.